The third-order valence-corrected chi connectivity index (χ3v) is 4.86. The number of aromatic nitrogens is 2. The Hall–Kier alpha value is -3.40. The lowest BCUT2D eigenvalue weighted by molar-refractivity contribution is -0.137. The van der Waals surface area contributed by atoms with E-state index in [1.807, 2.05) is 0 Å². The van der Waals surface area contributed by atoms with Crippen LogP contribution in [-0.2, 0) is 10.9 Å². The summed E-state index contributed by atoms with van der Waals surface area (Å²) in [4.78, 5) is 29.4. The molecule has 3 heterocycles. The van der Waals surface area contributed by atoms with Crippen LogP contribution >= 0.6 is 0 Å². The van der Waals surface area contributed by atoms with E-state index in [1.54, 1.807) is 18.2 Å². The number of nitrogens with one attached hydrogen (secondary N) is 1. The molecule has 31 heavy (non-hydrogen) atoms. The summed E-state index contributed by atoms with van der Waals surface area (Å²) in [6, 6.07) is 7.65. The zero-order valence-corrected chi connectivity index (χ0v) is 16.2. The number of alkyl halides is 3. The number of hydrogen-bond acceptors (Lipinski definition) is 5. The molecule has 10 heteroatoms. The molecule has 7 nitrogen and oxygen atoms in total. The fourth-order valence-electron chi connectivity index (χ4n) is 3.26. The van der Waals surface area contributed by atoms with Crippen LogP contribution in [0.15, 0.2) is 53.6 Å². The Bertz CT molecular complexity index is 1170. The van der Waals surface area contributed by atoms with Crippen molar-refractivity contribution < 1.29 is 27.4 Å². The number of anilines is 1. The number of rotatable bonds is 5. The van der Waals surface area contributed by atoms with Crippen LogP contribution in [-0.4, -0.2) is 34.6 Å². The maximum atomic E-state index is 13.2. The highest BCUT2D eigenvalue weighted by Crippen LogP contribution is 2.35. The minimum absolute atomic E-state index is 0.0469. The second-order valence-corrected chi connectivity index (χ2v) is 7.01. The molecule has 0 bridgehead atoms. The molecular formula is C21H18F3N3O4. The number of carbonyl (C=O) groups excluding carboxylic acids is 1. The number of ether oxygens (including phenoxy) is 2. The van der Waals surface area contributed by atoms with Crippen molar-refractivity contribution in [3.8, 4) is 5.75 Å². The molecule has 0 spiro atoms. The quantitative estimate of drug-likeness (QED) is 0.666. The van der Waals surface area contributed by atoms with Gasteiger partial charge in [0.2, 0.25) is 0 Å². The lowest BCUT2D eigenvalue weighted by Crippen LogP contribution is -2.27. The molecule has 2 aromatic heterocycles. The van der Waals surface area contributed by atoms with Crippen LogP contribution in [0.5, 0.6) is 5.75 Å². The van der Waals surface area contributed by atoms with Crippen molar-refractivity contribution in [1.82, 2.24) is 9.38 Å². The molecule has 1 aliphatic heterocycles. The predicted octanol–water partition coefficient (Wildman–Crippen LogP) is 3.52. The molecule has 1 amide bonds. The Morgan fingerprint density at radius 2 is 2.13 bits per heavy atom. The molecular weight excluding hydrogens is 415 g/mol. The Balaban J connectivity index is 1.64. The molecule has 1 atom stereocenters. The van der Waals surface area contributed by atoms with E-state index in [2.05, 4.69) is 10.3 Å². The third kappa shape index (κ3) is 4.53. The monoisotopic (exact) mass is 433 g/mol. The van der Waals surface area contributed by atoms with Crippen molar-refractivity contribution >= 4 is 17.2 Å². The van der Waals surface area contributed by atoms with E-state index in [1.165, 1.54) is 10.6 Å². The topological polar surface area (TPSA) is 81.9 Å². The van der Waals surface area contributed by atoms with Crippen molar-refractivity contribution in [2.75, 3.05) is 18.5 Å². The van der Waals surface area contributed by atoms with Gasteiger partial charge in [-0.1, -0.05) is 6.07 Å². The maximum absolute atomic E-state index is 13.2. The van der Waals surface area contributed by atoms with Gasteiger partial charge in [-0.25, -0.2) is 4.98 Å². The first-order chi connectivity index (χ1) is 14.8. The van der Waals surface area contributed by atoms with Gasteiger partial charge in [0.1, 0.15) is 23.6 Å². The van der Waals surface area contributed by atoms with Crippen LogP contribution in [0.3, 0.4) is 0 Å². The number of fused-ring (bicyclic) bond motifs is 1. The average Bonchev–Trinajstić information content (AvgIpc) is 3.26. The summed E-state index contributed by atoms with van der Waals surface area (Å²) in [5.41, 5.74) is -1.78. The molecule has 1 saturated heterocycles. The second kappa shape index (κ2) is 8.38. The molecule has 1 N–H and O–H groups in total. The molecule has 1 fully saturated rings. The summed E-state index contributed by atoms with van der Waals surface area (Å²) in [5, 5.41) is 2.36. The van der Waals surface area contributed by atoms with E-state index < -0.39 is 23.2 Å². The highest BCUT2D eigenvalue weighted by atomic mass is 19.4. The van der Waals surface area contributed by atoms with Gasteiger partial charge in [-0.3, -0.25) is 14.0 Å². The van der Waals surface area contributed by atoms with E-state index in [9.17, 15) is 22.8 Å². The molecule has 1 aromatic carbocycles. The van der Waals surface area contributed by atoms with E-state index in [-0.39, 0.29) is 29.7 Å². The number of benzene rings is 1. The Morgan fingerprint density at radius 1 is 1.29 bits per heavy atom. The van der Waals surface area contributed by atoms with Gasteiger partial charge in [0.05, 0.1) is 17.4 Å². The third-order valence-electron chi connectivity index (χ3n) is 4.86. The highest BCUT2D eigenvalue weighted by molar-refractivity contribution is 6.04. The van der Waals surface area contributed by atoms with Crippen molar-refractivity contribution in [2.45, 2.75) is 25.1 Å². The van der Waals surface area contributed by atoms with Crippen LogP contribution < -0.4 is 15.6 Å². The molecule has 1 aliphatic rings. The molecule has 3 aromatic rings. The van der Waals surface area contributed by atoms with Crippen LogP contribution in [0.4, 0.5) is 18.9 Å². The van der Waals surface area contributed by atoms with Gasteiger partial charge in [-0.15, -0.1) is 0 Å². The fraction of sp³-hybridized carbons (Fsp3) is 0.286. The lowest BCUT2D eigenvalue weighted by atomic mass is 10.1. The van der Waals surface area contributed by atoms with Gasteiger partial charge in [0.15, 0.2) is 0 Å². The van der Waals surface area contributed by atoms with E-state index in [0.717, 1.165) is 37.2 Å². The van der Waals surface area contributed by atoms with Crippen LogP contribution in [0, 0.1) is 0 Å². The van der Waals surface area contributed by atoms with E-state index >= 15 is 0 Å². The van der Waals surface area contributed by atoms with Gasteiger partial charge < -0.3 is 14.8 Å². The minimum Gasteiger partial charge on any atom is -0.489 e. The summed E-state index contributed by atoms with van der Waals surface area (Å²) in [7, 11) is 0. The van der Waals surface area contributed by atoms with E-state index in [4.69, 9.17) is 9.47 Å². The Kier molecular flexibility index (Phi) is 5.64. The van der Waals surface area contributed by atoms with Crippen molar-refractivity contribution in [2.24, 2.45) is 0 Å². The standard InChI is InChI=1S/C21H18F3N3O4/c22-21(23,24)13-6-7-17(31-12-14-4-3-9-30-14)16(10-13)26-19(28)15-11-25-18-5-1-2-8-27(18)20(15)29/h1-2,5-8,10-11,14H,3-4,9,12H2,(H,26,28). The van der Waals surface area contributed by atoms with Gasteiger partial charge in [-0.05, 0) is 43.2 Å². The van der Waals surface area contributed by atoms with E-state index in [0.29, 0.717) is 12.3 Å². The Morgan fingerprint density at radius 3 is 2.87 bits per heavy atom. The summed E-state index contributed by atoms with van der Waals surface area (Å²) < 4.78 is 51.8. The van der Waals surface area contributed by atoms with Crippen LogP contribution in [0.25, 0.3) is 5.65 Å². The first kappa shape index (κ1) is 20.9. The zero-order valence-electron chi connectivity index (χ0n) is 16.2. The normalized spacial score (nSPS) is 16.4. The molecule has 0 radical (unpaired) electrons. The minimum atomic E-state index is -4.61. The van der Waals surface area contributed by atoms with Gasteiger partial charge in [0.25, 0.3) is 11.5 Å². The summed E-state index contributed by atoms with van der Waals surface area (Å²) >= 11 is 0. The molecule has 162 valence electrons. The number of pyridine rings is 1. The summed E-state index contributed by atoms with van der Waals surface area (Å²) in [6.45, 7) is 0.734. The second-order valence-electron chi connectivity index (χ2n) is 7.01. The van der Waals surface area contributed by atoms with Crippen LogP contribution in [0.1, 0.15) is 28.8 Å². The fourth-order valence-corrected chi connectivity index (χ4v) is 3.26. The SMILES string of the molecule is O=C(Nc1cc(C(F)(F)F)ccc1OCC1CCCO1)c1cnc2ccccn2c1=O. The first-order valence-corrected chi connectivity index (χ1v) is 9.56. The maximum Gasteiger partial charge on any atom is 0.416 e. The van der Waals surface area contributed by atoms with Gasteiger partial charge >= 0.3 is 6.18 Å². The van der Waals surface area contributed by atoms with Gasteiger partial charge in [0, 0.05) is 19.0 Å². The molecule has 1 unspecified atom stereocenters. The smallest absolute Gasteiger partial charge is 0.416 e. The predicted molar refractivity (Wildman–Crippen MR) is 105 cm³/mol. The number of halogens is 3. The van der Waals surface area contributed by atoms with Crippen molar-refractivity contribution in [3.63, 3.8) is 0 Å². The number of hydrogen-bond donors (Lipinski definition) is 1. The van der Waals surface area contributed by atoms with Crippen LogP contribution in [0.2, 0.25) is 0 Å². The largest absolute Gasteiger partial charge is 0.489 e. The zero-order chi connectivity index (χ0) is 22.0. The Labute approximate surface area is 174 Å². The molecule has 0 aliphatic carbocycles. The summed E-state index contributed by atoms with van der Waals surface area (Å²) in [6.07, 6.45) is -0.586. The number of carbonyl (C=O) groups is 1. The van der Waals surface area contributed by atoms with Crippen molar-refractivity contribution in [3.05, 3.63) is 70.3 Å². The molecule has 4 rings (SSSR count). The number of nitrogens with zero attached hydrogens (tertiary/aromatic N) is 2. The highest BCUT2D eigenvalue weighted by Gasteiger charge is 2.32. The van der Waals surface area contributed by atoms with Crippen molar-refractivity contribution in [1.29, 1.82) is 0 Å². The number of amides is 1. The first-order valence-electron chi connectivity index (χ1n) is 9.56. The lowest BCUT2D eigenvalue weighted by Gasteiger charge is -2.17. The molecule has 0 saturated carbocycles. The average molecular weight is 433 g/mol. The summed E-state index contributed by atoms with van der Waals surface area (Å²) in [5.74, 6) is -0.845. The van der Waals surface area contributed by atoms with Gasteiger partial charge in [-0.2, -0.15) is 13.2 Å².